The number of morpholine rings is 1. The summed E-state index contributed by atoms with van der Waals surface area (Å²) in [5.74, 6) is 0.414. The van der Waals surface area contributed by atoms with Crippen LogP contribution in [0, 0.1) is 6.92 Å². The van der Waals surface area contributed by atoms with E-state index in [2.05, 4.69) is 15.3 Å². The molecule has 1 aliphatic carbocycles. The molecule has 0 bridgehead atoms. The van der Waals surface area contributed by atoms with Crippen LogP contribution in [0.15, 0.2) is 35.1 Å². The molecule has 2 aliphatic rings. The lowest BCUT2D eigenvalue weighted by molar-refractivity contribution is -0.138. The number of alkyl halides is 3. The van der Waals surface area contributed by atoms with E-state index >= 15 is 0 Å². The van der Waals surface area contributed by atoms with Crippen molar-refractivity contribution in [3.05, 3.63) is 68.8 Å². The molecule has 5 rings (SSSR count). The van der Waals surface area contributed by atoms with Crippen LogP contribution < -0.4 is 10.9 Å². The van der Waals surface area contributed by atoms with Gasteiger partial charge in [0.25, 0.3) is 11.5 Å². The van der Waals surface area contributed by atoms with E-state index in [4.69, 9.17) is 4.74 Å². The Morgan fingerprint density at radius 3 is 2.47 bits per heavy atom. The number of aromatic amines is 1. The number of nitrogens with zero attached hydrogens (tertiary/aromatic N) is 2. The van der Waals surface area contributed by atoms with Crippen molar-refractivity contribution in [1.82, 2.24) is 14.9 Å². The number of hydrogen-bond acceptors (Lipinski definition) is 5. The largest absolute Gasteiger partial charge is 0.416 e. The van der Waals surface area contributed by atoms with Gasteiger partial charge in [-0.3, -0.25) is 9.59 Å². The van der Waals surface area contributed by atoms with Crippen LogP contribution in [0.1, 0.15) is 78.4 Å². The van der Waals surface area contributed by atoms with E-state index in [1.807, 2.05) is 19.9 Å². The highest BCUT2D eigenvalue weighted by atomic mass is 19.4. The molecule has 1 saturated heterocycles. The highest BCUT2D eigenvalue weighted by Crippen LogP contribution is 2.45. The third-order valence-corrected chi connectivity index (χ3v) is 7.16. The monoisotopic (exact) mass is 528 g/mol. The fourth-order valence-corrected chi connectivity index (χ4v) is 5.32. The number of aromatic nitrogens is 2. The number of fused-ring (bicyclic) bond motifs is 1. The van der Waals surface area contributed by atoms with Gasteiger partial charge in [0.1, 0.15) is 5.82 Å². The molecule has 2 fully saturated rings. The van der Waals surface area contributed by atoms with Gasteiger partial charge in [-0.25, -0.2) is 4.98 Å². The first-order chi connectivity index (χ1) is 17.9. The number of carbonyl (C=O) groups is 1. The zero-order valence-electron chi connectivity index (χ0n) is 21.8. The van der Waals surface area contributed by atoms with Gasteiger partial charge in [0, 0.05) is 30.4 Å². The predicted octanol–water partition coefficient (Wildman–Crippen LogP) is 5.55. The molecular weight excluding hydrogens is 497 g/mol. The van der Waals surface area contributed by atoms with Gasteiger partial charge in [0.15, 0.2) is 0 Å². The molecule has 2 heterocycles. The average Bonchev–Trinajstić information content (AvgIpc) is 3.67. The van der Waals surface area contributed by atoms with Gasteiger partial charge < -0.3 is 19.9 Å². The lowest BCUT2D eigenvalue weighted by Crippen LogP contribution is -2.48. The molecule has 1 amide bonds. The molecule has 2 aromatic carbocycles. The van der Waals surface area contributed by atoms with Crippen molar-refractivity contribution >= 4 is 22.5 Å². The Hall–Kier alpha value is -3.40. The van der Waals surface area contributed by atoms with Gasteiger partial charge in [-0.15, -0.1) is 0 Å². The van der Waals surface area contributed by atoms with E-state index in [1.54, 1.807) is 24.0 Å². The fourth-order valence-electron chi connectivity index (χ4n) is 5.32. The smallest absolute Gasteiger partial charge is 0.378 e. The summed E-state index contributed by atoms with van der Waals surface area (Å²) in [4.78, 5) is 34.2. The predicted molar refractivity (Wildman–Crippen MR) is 138 cm³/mol. The number of carbonyl (C=O) groups excluding carboxylic acids is 1. The Bertz CT molecular complexity index is 1440. The summed E-state index contributed by atoms with van der Waals surface area (Å²) in [6, 6.07) is 6.81. The molecule has 1 aromatic heterocycles. The van der Waals surface area contributed by atoms with Crippen LogP contribution in [0.2, 0.25) is 0 Å². The Morgan fingerprint density at radius 1 is 1.16 bits per heavy atom. The summed E-state index contributed by atoms with van der Waals surface area (Å²) in [7, 11) is 0. The minimum Gasteiger partial charge on any atom is -0.378 e. The highest BCUT2D eigenvalue weighted by molar-refractivity contribution is 5.95. The van der Waals surface area contributed by atoms with E-state index < -0.39 is 23.3 Å². The van der Waals surface area contributed by atoms with Crippen LogP contribution in [-0.2, 0) is 10.9 Å². The third kappa shape index (κ3) is 5.27. The molecule has 202 valence electrons. The highest BCUT2D eigenvalue weighted by Gasteiger charge is 2.36. The molecule has 3 aromatic rings. The van der Waals surface area contributed by atoms with Gasteiger partial charge in [0.2, 0.25) is 0 Å². The van der Waals surface area contributed by atoms with Crippen LogP contribution in [-0.4, -0.2) is 46.1 Å². The summed E-state index contributed by atoms with van der Waals surface area (Å²) in [5, 5.41) is 3.34. The van der Waals surface area contributed by atoms with Crippen molar-refractivity contribution in [2.75, 3.05) is 18.4 Å². The van der Waals surface area contributed by atoms with Crippen molar-refractivity contribution in [2.24, 2.45) is 0 Å². The van der Waals surface area contributed by atoms with Crippen LogP contribution in [0.3, 0.4) is 0 Å². The topological polar surface area (TPSA) is 87.3 Å². The number of nitrogens with one attached hydrogen (secondary N) is 2. The Labute approximate surface area is 218 Å². The Balaban J connectivity index is 1.48. The molecule has 0 radical (unpaired) electrons. The number of H-pyrrole nitrogens is 1. The van der Waals surface area contributed by atoms with Crippen molar-refractivity contribution < 1.29 is 22.7 Å². The number of anilines is 1. The van der Waals surface area contributed by atoms with E-state index in [9.17, 15) is 22.8 Å². The SMILES string of the molecule is Cc1nc2cc(C(F)(F)F)c(C(C)Nc3ccc(C(=O)N4CC(C)OC(C)C4)cc3C3CC3)cc2c(=O)[nH]1. The average molecular weight is 529 g/mol. The molecule has 10 heteroatoms. The Morgan fingerprint density at radius 2 is 1.84 bits per heavy atom. The maximum atomic E-state index is 14.1. The lowest BCUT2D eigenvalue weighted by Gasteiger charge is -2.35. The maximum absolute atomic E-state index is 14.1. The second-order valence-electron chi connectivity index (χ2n) is 10.5. The maximum Gasteiger partial charge on any atom is 0.416 e. The van der Waals surface area contributed by atoms with Gasteiger partial charge in [0.05, 0.1) is 28.7 Å². The molecule has 0 spiro atoms. The number of rotatable bonds is 5. The molecule has 2 N–H and O–H groups in total. The Kier molecular flexibility index (Phi) is 6.71. The van der Waals surface area contributed by atoms with E-state index in [-0.39, 0.29) is 46.3 Å². The van der Waals surface area contributed by atoms with Gasteiger partial charge in [-0.1, -0.05) is 0 Å². The van der Waals surface area contributed by atoms with Crippen LogP contribution in [0.4, 0.5) is 18.9 Å². The second-order valence-corrected chi connectivity index (χ2v) is 10.5. The number of amides is 1. The van der Waals surface area contributed by atoms with Crippen LogP contribution in [0.5, 0.6) is 0 Å². The number of halogens is 3. The molecule has 1 saturated carbocycles. The summed E-state index contributed by atoms with van der Waals surface area (Å²) in [6.45, 7) is 8.06. The van der Waals surface area contributed by atoms with Gasteiger partial charge in [-0.2, -0.15) is 13.2 Å². The minimum absolute atomic E-state index is 0.00260. The van der Waals surface area contributed by atoms with Crippen molar-refractivity contribution in [3.8, 4) is 0 Å². The molecular formula is C28H31F3N4O3. The summed E-state index contributed by atoms with van der Waals surface area (Å²) >= 11 is 0. The summed E-state index contributed by atoms with van der Waals surface area (Å²) < 4.78 is 48.0. The van der Waals surface area contributed by atoms with E-state index in [0.29, 0.717) is 24.3 Å². The molecule has 3 atom stereocenters. The number of aryl methyl sites for hydroxylation is 1. The van der Waals surface area contributed by atoms with Crippen LogP contribution in [0.25, 0.3) is 10.9 Å². The molecule has 1 aliphatic heterocycles. The first kappa shape index (κ1) is 26.2. The van der Waals surface area contributed by atoms with Crippen molar-refractivity contribution in [3.63, 3.8) is 0 Å². The summed E-state index contributed by atoms with van der Waals surface area (Å²) in [6.07, 6.45) is -2.82. The van der Waals surface area contributed by atoms with Gasteiger partial charge in [-0.05, 0) is 87.9 Å². The second kappa shape index (κ2) is 9.72. The molecule has 7 nitrogen and oxygen atoms in total. The van der Waals surface area contributed by atoms with E-state index in [0.717, 1.165) is 24.5 Å². The minimum atomic E-state index is -4.63. The molecule has 38 heavy (non-hydrogen) atoms. The number of hydrogen-bond donors (Lipinski definition) is 2. The van der Waals surface area contributed by atoms with Crippen molar-refractivity contribution in [2.45, 2.75) is 70.9 Å². The fraction of sp³-hybridized carbons (Fsp3) is 0.464. The number of benzene rings is 2. The third-order valence-electron chi connectivity index (χ3n) is 7.16. The van der Waals surface area contributed by atoms with Crippen LogP contribution >= 0.6 is 0 Å². The van der Waals surface area contributed by atoms with Gasteiger partial charge >= 0.3 is 6.18 Å². The quantitative estimate of drug-likeness (QED) is 0.454. The summed E-state index contributed by atoms with van der Waals surface area (Å²) in [5.41, 5.74) is 0.801. The zero-order valence-corrected chi connectivity index (χ0v) is 21.8. The zero-order chi connectivity index (χ0) is 27.4. The normalized spacial score (nSPS) is 21.0. The standard InChI is InChI=1S/C28H31F3N4O3/c1-14-12-35(13-15(2)38-14)27(37)19-7-8-24(21(9-19)18-5-6-18)32-16(3)20-10-22-25(11-23(20)28(29,30)31)33-17(4)34-26(22)36/h7-11,14-16,18,32H,5-6,12-13H2,1-4H3,(H,33,34,36). The number of ether oxygens (including phenoxy) is 1. The first-order valence-electron chi connectivity index (χ1n) is 12.9. The molecule has 3 unspecified atom stereocenters. The van der Waals surface area contributed by atoms with E-state index in [1.165, 1.54) is 13.0 Å². The van der Waals surface area contributed by atoms with Crippen molar-refractivity contribution in [1.29, 1.82) is 0 Å². The first-order valence-corrected chi connectivity index (χ1v) is 12.9. The lowest BCUT2D eigenvalue weighted by atomic mass is 9.97.